The van der Waals surface area contributed by atoms with Crippen LogP contribution in [0.15, 0.2) is 47.6 Å². The molecule has 0 amide bonds. The Labute approximate surface area is 125 Å². The monoisotopic (exact) mass is 280 g/mol. The molecule has 0 aliphatic rings. The van der Waals surface area contributed by atoms with E-state index in [9.17, 15) is 0 Å². The van der Waals surface area contributed by atoms with Crippen LogP contribution in [0.1, 0.15) is 53.4 Å². The topological polar surface area (TPSA) is 40.5 Å². The van der Waals surface area contributed by atoms with Crippen LogP contribution in [0.2, 0.25) is 0 Å². The van der Waals surface area contributed by atoms with Crippen LogP contribution < -0.4 is 0 Å². The summed E-state index contributed by atoms with van der Waals surface area (Å²) in [6, 6.07) is 0. The third-order valence-electron chi connectivity index (χ3n) is 2.54. The van der Waals surface area contributed by atoms with Crippen LogP contribution in [0, 0.1) is 0 Å². The van der Waals surface area contributed by atoms with Gasteiger partial charge in [-0.05, 0) is 53.4 Å². The van der Waals surface area contributed by atoms with Gasteiger partial charge in [-0.1, -0.05) is 47.6 Å². The number of hydrogen-bond donors (Lipinski definition) is 2. The maximum atomic E-state index is 8.55. The predicted octanol–water partition coefficient (Wildman–Crippen LogP) is 4.56. The van der Waals surface area contributed by atoms with Gasteiger partial charge < -0.3 is 10.2 Å². The molecule has 0 unspecified atom stereocenters. The molecule has 0 rings (SSSR count). The fraction of sp³-hybridized carbons (Fsp3) is 0.556. The smallest absolute Gasteiger partial charge is 0.0614 e. The quantitative estimate of drug-likeness (QED) is 0.505. The van der Waals surface area contributed by atoms with E-state index in [2.05, 4.69) is 32.9 Å². The Morgan fingerprint density at radius 3 is 1.95 bits per heavy atom. The van der Waals surface area contributed by atoms with Gasteiger partial charge in [0.25, 0.3) is 0 Å². The molecule has 0 saturated heterocycles. The molecule has 2 heteroatoms. The van der Waals surface area contributed by atoms with Gasteiger partial charge in [-0.2, -0.15) is 0 Å². The largest absolute Gasteiger partial charge is 0.392 e. The highest BCUT2D eigenvalue weighted by Crippen LogP contribution is 2.05. The van der Waals surface area contributed by atoms with E-state index >= 15 is 0 Å². The summed E-state index contributed by atoms with van der Waals surface area (Å²) in [6.07, 6.45) is 16.2. The molecule has 0 aromatic carbocycles. The zero-order chi connectivity index (χ0) is 15.6. The van der Waals surface area contributed by atoms with Gasteiger partial charge in [0.05, 0.1) is 13.2 Å². The van der Waals surface area contributed by atoms with Gasteiger partial charge in [0.1, 0.15) is 0 Å². The molecular formula is C18H32O2. The van der Waals surface area contributed by atoms with Crippen LogP contribution in [0.4, 0.5) is 0 Å². The summed E-state index contributed by atoms with van der Waals surface area (Å²) in [4.78, 5) is 0. The first kappa shape index (κ1) is 21.2. The third kappa shape index (κ3) is 22.1. The molecule has 0 saturated carbocycles. The molecule has 0 heterocycles. The molecule has 0 fully saturated rings. The molecular weight excluding hydrogens is 248 g/mol. The summed E-state index contributed by atoms with van der Waals surface area (Å²) < 4.78 is 0. The Morgan fingerprint density at radius 2 is 1.45 bits per heavy atom. The molecule has 0 bridgehead atoms. The molecule has 2 N–H and O–H groups in total. The van der Waals surface area contributed by atoms with Crippen molar-refractivity contribution in [2.45, 2.75) is 53.4 Å². The molecule has 0 aromatic heterocycles. The van der Waals surface area contributed by atoms with E-state index in [-0.39, 0.29) is 13.2 Å². The number of unbranched alkanes of at least 4 members (excludes halogenated alkanes) is 1. The number of aliphatic hydroxyl groups is 2. The van der Waals surface area contributed by atoms with Gasteiger partial charge in [0.15, 0.2) is 0 Å². The minimum absolute atomic E-state index is 0.163. The van der Waals surface area contributed by atoms with Gasteiger partial charge >= 0.3 is 0 Å². The van der Waals surface area contributed by atoms with Crippen molar-refractivity contribution >= 4 is 0 Å². The van der Waals surface area contributed by atoms with E-state index in [0.717, 1.165) is 25.7 Å². The molecule has 0 atom stereocenters. The molecule has 20 heavy (non-hydrogen) atoms. The second-order valence-corrected chi connectivity index (χ2v) is 4.85. The lowest BCUT2D eigenvalue weighted by atomic mass is 10.1. The molecule has 116 valence electrons. The van der Waals surface area contributed by atoms with E-state index in [1.807, 2.05) is 25.2 Å². The van der Waals surface area contributed by atoms with Gasteiger partial charge in [-0.25, -0.2) is 0 Å². The highest BCUT2D eigenvalue weighted by Gasteiger charge is 1.86. The summed E-state index contributed by atoms with van der Waals surface area (Å²) in [5.41, 5.74) is 2.63. The molecule has 0 spiro atoms. The van der Waals surface area contributed by atoms with E-state index in [1.54, 1.807) is 6.08 Å². The van der Waals surface area contributed by atoms with Crippen LogP contribution in [0.25, 0.3) is 0 Å². The van der Waals surface area contributed by atoms with Crippen molar-refractivity contribution < 1.29 is 10.2 Å². The highest BCUT2D eigenvalue weighted by molar-refractivity contribution is 5.01. The van der Waals surface area contributed by atoms with Crippen LogP contribution in [0.5, 0.6) is 0 Å². The van der Waals surface area contributed by atoms with Crippen molar-refractivity contribution in [2.75, 3.05) is 13.2 Å². The van der Waals surface area contributed by atoms with Gasteiger partial charge in [0, 0.05) is 0 Å². The van der Waals surface area contributed by atoms with Crippen molar-refractivity contribution in [1.29, 1.82) is 0 Å². The van der Waals surface area contributed by atoms with E-state index < -0.39 is 0 Å². The fourth-order valence-electron chi connectivity index (χ4n) is 1.40. The fourth-order valence-corrected chi connectivity index (χ4v) is 1.40. The average Bonchev–Trinajstić information content (AvgIpc) is 2.39. The maximum Gasteiger partial charge on any atom is 0.0614 e. The van der Waals surface area contributed by atoms with Crippen molar-refractivity contribution in [3.05, 3.63) is 47.6 Å². The zero-order valence-electron chi connectivity index (χ0n) is 13.6. The highest BCUT2D eigenvalue weighted by atomic mass is 16.3. The van der Waals surface area contributed by atoms with Gasteiger partial charge in [-0.15, -0.1) is 0 Å². The summed E-state index contributed by atoms with van der Waals surface area (Å²) >= 11 is 0. The molecule has 0 aromatic rings. The Kier molecular flexibility index (Phi) is 18.9. The third-order valence-corrected chi connectivity index (χ3v) is 2.54. The Morgan fingerprint density at radius 1 is 0.800 bits per heavy atom. The second kappa shape index (κ2) is 17.9. The van der Waals surface area contributed by atoms with Crippen LogP contribution in [-0.2, 0) is 0 Å². The summed E-state index contributed by atoms with van der Waals surface area (Å²) in [6.45, 7) is 8.59. The Balaban J connectivity index is 0. The minimum Gasteiger partial charge on any atom is -0.392 e. The zero-order valence-corrected chi connectivity index (χ0v) is 13.6. The maximum absolute atomic E-state index is 8.55. The number of aliphatic hydroxyl groups excluding tert-OH is 2. The summed E-state index contributed by atoms with van der Waals surface area (Å²) in [5, 5.41) is 16.9. The minimum atomic E-state index is 0.163. The van der Waals surface area contributed by atoms with Crippen LogP contribution in [-0.4, -0.2) is 23.4 Å². The lowest BCUT2D eigenvalue weighted by molar-refractivity contribution is 0.341. The van der Waals surface area contributed by atoms with Crippen molar-refractivity contribution in [1.82, 2.24) is 0 Å². The number of rotatable bonds is 8. The normalized spacial score (nSPS) is 11.6. The van der Waals surface area contributed by atoms with Crippen LogP contribution >= 0.6 is 0 Å². The molecule has 0 radical (unpaired) electrons. The second-order valence-electron chi connectivity index (χ2n) is 4.85. The first-order valence-electron chi connectivity index (χ1n) is 7.35. The lowest BCUT2D eigenvalue weighted by Gasteiger charge is -1.96. The first-order chi connectivity index (χ1) is 9.58. The Bertz CT molecular complexity index is 305. The van der Waals surface area contributed by atoms with E-state index in [4.69, 9.17) is 10.2 Å². The van der Waals surface area contributed by atoms with Gasteiger partial charge in [0.2, 0.25) is 0 Å². The predicted molar refractivity (Wildman–Crippen MR) is 89.8 cm³/mol. The van der Waals surface area contributed by atoms with E-state index in [0.29, 0.717) is 0 Å². The van der Waals surface area contributed by atoms with E-state index in [1.165, 1.54) is 11.1 Å². The van der Waals surface area contributed by atoms with Crippen molar-refractivity contribution in [2.24, 2.45) is 0 Å². The average molecular weight is 280 g/mol. The standard InChI is InChI=1S/C10H18O.C8H14O/c1-9(2)5-4-6-10(3)7-8-11;1-2-3-4-5-6-7-8-9/h5,7,11H,4,6,8H2,1-3H3;2-3,6-7,9H,4-5,8H2,1H3/b10-7+;3-2+,7-6+. The first-order valence-corrected chi connectivity index (χ1v) is 7.35. The molecule has 2 nitrogen and oxygen atoms in total. The van der Waals surface area contributed by atoms with Crippen LogP contribution in [0.3, 0.4) is 0 Å². The molecule has 0 aliphatic heterocycles. The molecule has 0 aliphatic carbocycles. The Hall–Kier alpha value is -1.12. The summed E-state index contributed by atoms with van der Waals surface area (Å²) in [7, 11) is 0. The number of allylic oxidation sites excluding steroid dienone is 6. The van der Waals surface area contributed by atoms with Crippen molar-refractivity contribution in [3.8, 4) is 0 Å². The summed E-state index contributed by atoms with van der Waals surface area (Å²) in [5.74, 6) is 0. The lowest BCUT2D eigenvalue weighted by Crippen LogP contribution is -1.80. The number of hydrogen-bond acceptors (Lipinski definition) is 2. The van der Waals surface area contributed by atoms with Gasteiger partial charge in [-0.3, -0.25) is 0 Å². The SMILES string of the molecule is C/C=C/CC/C=C/CO.CC(C)=CCC/C(C)=C/CO. The van der Waals surface area contributed by atoms with Crippen molar-refractivity contribution in [3.63, 3.8) is 0 Å².